The van der Waals surface area contributed by atoms with Crippen molar-refractivity contribution in [3.8, 4) is 0 Å². The predicted octanol–water partition coefficient (Wildman–Crippen LogP) is 3.06. The van der Waals surface area contributed by atoms with Crippen molar-refractivity contribution in [3.05, 3.63) is 35.4 Å². The molecule has 3 aliphatic rings. The summed E-state index contributed by atoms with van der Waals surface area (Å²) in [5.74, 6) is 1.42. The van der Waals surface area contributed by atoms with Gasteiger partial charge in [0.25, 0.3) is 0 Å². The van der Waals surface area contributed by atoms with Crippen LogP contribution in [0.5, 0.6) is 0 Å². The molecule has 2 amide bonds. The maximum absolute atomic E-state index is 12.8. The monoisotopic (exact) mass is 438 g/mol. The zero-order valence-corrected chi connectivity index (χ0v) is 19.6. The average Bonchev–Trinajstić information content (AvgIpc) is 3.44. The number of hydrogen-bond donors (Lipinski definition) is 2. The van der Waals surface area contributed by atoms with Crippen LogP contribution in [0.3, 0.4) is 0 Å². The van der Waals surface area contributed by atoms with E-state index in [4.69, 9.17) is 0 Å². The summed E-state index contributed by atoms with van der Waals surface area (Å²) in [5, 5.41) is 6.69. The van der Waals surface area contributed by atoms with E-state index >= 15 is 0 Å². The molecule has 4 rings (SSSR count). The normalized spacial score (nSPS) is 26.6. The number of rotatable bonds is 8. The van der Waals surface area contributed by atoms with Crippen molar-refractivity contribution in [2.45, 2.75) is 82.3 Å². The molecule has 1 aromatic rings. The van der Waals surface area contributed by atoms with Gasteiger partial charge < -0.3 is 15.5 Å². The SMILES string of the molecule is CCCC(=O)N1CCC(c2ccc(C[C@@H](C=NC)NC(=O)[C@H]3N[C@@H]4CC[C@H]3C4)cc2)CC1. The Morgan fingerprint density at radius 3 is 2.53 bits per heavy atom. The number of aliphatic imine (C=N–C) groups is 1. The largest absolute Gasteiger partial charge is 0.347 e. The lowest BCUT2D eigenvalue weighted by Crippen LogP contribution is -2.51. The van der Waals surface area contributed by atoms with E-state index in [1.54, 1.807) is 7.05 Å². The number of carbonyl (C=O) groups excluding carboxylic acids is 2. The summed E-state index contributed by atoms with van der Waals surface area (Å²) in [7, 11) is 1.76. The highest BCUT2D eigenvalue weighted by molar-refractivity contribution is 5.86. The summed E-state index contributed by atoms with van der Waals surface area (Å²) in [6.07, 6.45) is 9.75. The van der Waals surface area contributed by atoms with Gasteiger partial charge in [-0.3, -0.25) is 14.6 Å². The Morgan fingerprint density at radius 2 is 1.94 bits per heavy atom. The van der Waals surface area contributed by atoms with Crippen molar-refractivity contribution in [1.82, 2.24) is 15.5 Å². The Labute approximate surface area is 192 Å². The fourth-order valence-electron chi connectivity index (χ4n) is 5.76. The Morgan fingerprint density at radius 1 is 1.19 bits per heavy atom. The van der Waals surface area contributed by atoms with Crippen LogP contribution in [0.15, 0.2) is 29.3 Å². The van der Waals surface area contributed by atoms with Crippen LogP contribution in [0.1, 0.15) is 68.9 Å². The van der Waals surface area contributed by atoms with Gasteiger partial charge in [-0.05, 0) is 67.9 Å². The molecule has 6 nitrogen and oxygen atoms in total. The number of amides is 2. The first kappa shape index (κ1) is 23.0. The van der Waals surface area contributed by atoms with E-state index in [0.717, 1.165) is 51.6 Å². The van der Waals surface area contributed by atoms with Crippen LogP contribution >= 0.6 is 0 Å². The molecule has 0 unspecified atom stereocenters. The molecule has 1 saturated carbocycles. The Hall–Kier alpha value is -2.21. The Balaban J connectivity index is 1.30. The molecule has 1 aliphatic carbocycles. The number of benzene rings is 1. The topological polar surface area (TPSA) is 73.8 Å². The van der Waals surface area contributed by atoms with Gasteiger partial charge in [-0.1, -0.05) is 31.2 Å². The molecule has 2 saturated heterocycles. The number of fused-ring (bicyclic) bond motifs is 2. The van der Waals surface area contributed by atoms with Crippen LogP contribution in [0.4, 0.5) is 0 Å². The van der Waals surface area contributed by atoms with Gasteiger partial charge >= 0.3 is 0 Å². The number of likely N-dealkylation sites (tertiary alicyclic amines) is 1. The highest BCUT2D eigenvalue weighted by Crippen LogP contribution is 2.35. The molecule has 3 fully saturated rings. The number of carbonyl (C=O) groups is 2. The van der Waals surface area contributed by atoms with Gasteiger partial charge in [-0.15, -0.1) is 0 Å². The molecule has 174 valence electrons. The first-order valence-corrected chi connectivity index (χ1v) is 12.4. The van der Waals surface area contributed by atoms with Crippen LogP contribution in [-0.2, 0) is 16.0 Å². The molecule has 0 spiro atoms. The van der Waals surface area contributed by atoms with E-state index in [2.05, 4.69) is 46.8 Å². The quantitative estimate of drug-likeness (QED) is 0.613. The van der Waals surface area contributed by atoms with E-state index in [-0.39, 0.29) is 18.0 Å². The molecule has 1 aromatic carbocycles. The van der Waals surface area contributed by atoms with Crippen molar-refractivity contribution in [2.75, 3.05) is 20.1 Å². The highest BCUT2D eigenvalue weighted by Gasteiger charge is 2.42. The summed E-state index contributed by atoms with van der Waals surface area (Å²) < 4.78 is 0. The highest BCUT2D eigenvalue weighted by atomic mass is 16.2. The van der Waals surface area contributed by atoms with E-state index in [0.29, 0.717) is 30.2 Å². The second-order valence-electron chi connectivity index (χ2n) is 9.79. The molecule has 2 aliphatic heterocycles. The van der Waals surface area contributed by atoms with Gasteiger partial charge in [0.15, 0.2) is 0 Å². The average molecular weight is 439 g/mol. The maximum atomic E-state index is 12.8. The third kappa shape index (κ3) is 5.40. The van der Waals surface area contributed by atoms with Crippen LogP contribution in [0.2, 0.25) is 0 Å². The van der Waals surface area contributed by atoms with Crippen molar-refractivity contribution in [3.63, 3.8) is 0 Å². The van der Waals surface area contributed by atoms with Crippen molar-refractivity contribution >= 4 is 18.0 Å². The van der Waals surface area contributed by atoms with Crippen molar-refractivity contribution in [2.24, 2.45) is 10.9 Å². The summed E-state index contributed by atoms with van der Waals surface area (Å²) in [4.78, 5) is 31.2. The smallest absolute Gasteiger partial charge is 0.237 e. The molecule has 2 N–H and O–H groups in total. The zero-order valence-electron chi connectivity index (χ0n) is 19.6. The third-order valence-corrected chi connectivity index (χ3v) is 7.52. The van der Waals surface area contributed by atoms with E-state index in [1.165, 1.54) is 17.5 Å². The number of hydrogen-bond acceptors (Lipinski definition) is 4. The molecular weight excluding hydrogens is 400 g/mol. The first-order chi connectivity index (χ1) is 15.6. The lowest BCUT2D eigenvalue weighted by atomic mass is 9.88. The van der Waals surface area contributed by atoms with Gasteiger partial charge in [-0.2, -0.15) is 0 Å². The maximum Gasteiger partial charge on any atom is 0.237 e. The Bertz CT molecular complexity index is 814. The second kappa shape index (κ2) is 10.6. The molecule has 2 bridgehead atoms. The van der Waals surface area contributed by atoms with Crippen molar-refractivity contribution < 1.29 is 9.59 Å². The molecular formula is C26H38N4O2. The third-order valence-electron chi connectivity index (χ3n) is 7.52. The molecule has 32 heavy (non-hydrogen) atoms. The number of nitrogens with one attached hydrogen (secondary N) is 2. The van der Waals surface area contributed by atoms with Gasteiger partial charge in [0.1, 0.15) is 0 Å². The van der Waals surface area contributed by atoms with Gasteiger partial charge in [0, 0.05) is 38.8 Å². The van der Waals surface area contributed by atoms with Gasteiger partial charge in [0.05, 0.1) is 12.1 Å². The van der Waals surface area contributed by atoms with Gasteiger partial charge in [0.2, 0.25) is 11.8 Å². The minimum Gasteiger partial charge on any atom is -0.347 e. The standard InChI is InChI=1S/C26H38N4O2/c1-3-4-24(31)30-13-11-20(12-14-30)19-7-5-18(6-8-19)15-23(17-27-2)29-26(32)25-21-9-10-22(16-21)28-25/h5-8,17,20-23,25,28H,3-4,9-16H2,1-2H3,(H,29,32)/t21-,22+,23-,25-/m0/s1. The van der Waals surface area contributed by atoms with Crippen molar-refractivity contribution in [1.29, 1.82) is 0 Å². The number of nitrogens with zero attached hydrogens (tertiary/aromatic N) is 2. The zero-order chi connectivity index (χ0) is 22.5. The van der Waals surface area contributed by atoms with E-state index < -0.39 is 0 Å². The molecule has 0 radical (unpaired) electrons. The minimum atomic E-state index is -0.0907. The fraction of sp³-hybridized carbons (Fsp3) is 0.654. The molecule has 2 heterocycles. The molecule has 0 aromatic heterocycles. The van der Waals surface area contributed by atoms with Crippen LogP contribution in [0.25, 0.3) is 0 Å². The lowest BCUT2D eigenvalue weighted by Gasteiger charge is -2.32. The Kier molecular flexibility index (Phi) is 7.61. The summed E-state index contributed by atoms with van der Waals surface area (Å²) in [5.41, 5.74) is 2.56. The summed E-state index contributed by atoms with van der Waals surface area (Å²) in [6, 6.07) is 9.21. The summed E-state index contributed by atoms with van der Waals surface area (Å²) >= 11 is 0. The predicted molar refractivity (Wildman–Crippen MR) is 128 cm³/mol. The van der Waals surface area contributed by atoms with Crippen LogP contribution in [0, 0.1) is 5.92 Å². The second-order valence-corrected chi connectivity index (χ2v) is 9.79. The van der Waals surface area contributed by atoms with E-state index in [9.17, 15) is 9.59 Å². The molecule has 4 atom stereocenters. The fourth-order valence-corrected chi connectivity index (χ4v) is 5.76. The van der Waals surface area contributed by atoms with Gasteiger partial charge in [-0.25, -0.2) is 0 Å². The summed E-state index contributed by atoms with van der Waals surface area (Å²) in [6.45, 7) is 3.79. The van der Waals surface area contributed by atoms with Crippen LogP contribution < -0.4 is 10.6 Å². The van der Waals surface area contributed by atoms with E-state index in [1.807, 2.05) is 11.1 Å². The molecule has 6 heteroatoms. The lowest BCUT2D eigenvalue weighted by molar-refractivity contribution is -0.132. The van der Waals surface area contributed by atoms with Crippen LogP contribution in [-0.4, -0.2) is 61.2 Å². The minimum absolute atomic E-state index is 0.0426. The number of piperidine rings is 2. The first-order valence-electron chi connectivity index (χ1n) is 12.4.